The fraction of sp³-hybridized carbons (Fsp3) is 0.222. The molecule has 1 aromatic carbocycles. The lowest BCUT2D eigenvalue weighted by Gasteiger charge is -2.10. The van der Waals surface area contributed by atoms with Crippen molar-refractivity contribution < 1.29 is 9.59 Å². The Labute approximate surface area is 155 Å². The fourth-order valence-electron chi connectivity index (χ4n) is 2.28. The van der Waals surface area contributed by atoms with Crippen molar-refractivity contribution in [3.8, 4) is 10.6 Å². The van der Waals surface area contributed by atoms with Gasteiger partial charge in [-0.1, -0.05) is 12.1 Å². The number of amides is 2. The molecule has 0 saturated carbocycles. The predicted octanol–water partition coefficient (Wildman–Crippen LogP) is 2.43. The number of thiazole rings is 1. The van der Waals surface area contributed by atoms with Crippen molar-refractivity contribution in [2.45, 2.75) is 6.42 Å². The molecule has 3 aromatic rings. The Morgan fingerprint density at radius 3 is 2.58 bits per heavy atom. The average molecular weight is 369 g/mol. The summed E-state index contributed by atoms with van der Waals surface area (Å²) in [4.78, 5) is 30.0. The summed E-state index contributed by atoms with van der Waals surface area (Å²) in [5.74, 6) is -0.235. The lowest BCUT2D eigenvalue weighted by Crippen LogP contribution is -2.23. The van der Waals surface area contributed by atoms with E-state index in [0.717, 1.165) is 16.1 Å². The first-order chi connectivity index (χ1) is 12.4. The van der Waals surface area contributed by atoms with Crippen LogP contribution in [0.15, 0.2) is 42.0 Å². The zero-order valence-electron chi connectivity index (χ0n) is 14.8. The van der Waals surface area contributed by atoms with Crippen LogP contribution in [0.4, 0.5) is 5.69 Å². The van der Waals surface area contributed by atoms with Gasteiger partial charge in [0.1, 0.15) is 10.7 Å². The van der Waals surface area contributed by atoms with Crippen molar-refractivity contribution in [3.05, 3.63) is 53.3 Å². The topological polar surface area (TPSA) is 80.1 Å². The summed E-state index contributed by atoms with van der Waals surface area (Å²) in [6, 6.07) is 7.23. The zero-order chi connectivity index (χ0) is 18.7. The summed E-state index contributed by atoms with van der Waals surface area (Å²) in [5, 5.41) is 9.41. The molecule has 0 aliphatic rings. The number of nitrogens with one attached hydrogen (secondary N) is 1. The Balaban J connectivity index is 1.65. The van der Waals surface area contributed by atoms with Crippen LogP contribution in [0.2, 0.25) is 0 Å². The van der Waals surface area contributed by atoms with Gasteiger partial charge in [0.2, 0.25) is 5.91 Å². The third kappa shape index (κ3) is 4.15. The van der Waals surface area contributed by atoms with Crippen LogP contribution < -0.4 is 5.32 Å². The highest BCUT2D eigenvalue weighted by atomic mass is 32.1. The Morgan fingerprint density at radius 1 is 1.23 bits per heavy atom. The quantitative estimate of drug-likeness (QED) is 0.749. The van der Waals surface area contributed by atoms with Crippen LogP contribution in [-0.4, -0.2) is 45.6 Å². The van der Waals surface area contributed by atoms with E-state index in [4.69, 9.17) is 0 Å². The van der Waals surface area contributed by atoms with E-state index in [2.05, 4.69) is 15.4 Å². The Kier molecular flexibility index (Phi) is 5.13. The van der Waals surface area contributed by atoms with Gasteiger partial charge in [-0.3, -0.25) is 14.3 Å². The highest BCUT2D eigenvalue weighted by Crippen LogP contribution is 2.23. The van der Waals surface area contributed by atoms with Crippen LogP contribution in [0.25, 0.3) is 10.6 Å². The van der Waals surface area contributed by atoms with Crippen molar-refractivity contribution in [1.82, 2.24) is 19.7 Å². The molecule has 0 fully saturated rings. The highest BCUT2D eigenvalue weighted by molar-refractivity contribution is 7.13. The smallest absolute Gasteiger partial charge is 0.275 e. The predicted molar refractivity (Wildman–Crippen MR) is 101 cm³/mol. The van der Waals surface area contributed by atoms with Crippen LogP contribution in [-0.2, 0) is 18.3 Å². The lowest BCUT2D eigenvalue weighted by atomic mass is 10.1. The van der Waals surface area contributed by atoms with E-state index < -0.39 is 0 Å². The van der Waals surface area contributed by atoms with Crippen molar-refractivity contribution in [2.24, 2.45) is 7.05 Å². The normalized spacial score (nSPS) is 10.6. The van der Waals surface area contributed by atoms with E-state index in [1.54, 1.807) is 47.4 Å². The fourth-order valence-corrected chi connectivity index (χ4v) is 3.05. The third-order valence-corrected chi connectivity index (χ3v) is 4.65. The number of anilines is 1. The summed E-state index contributed by atoms with van der Waals surface area (Å²) in [5.41, 5.74) is 2.80. The standard InChI is InChI=1S/C18H19N5O2S/c1-22(2)16(24)8-12-4-6-14(7-5-12)20-17(25)15-11-26-18(21-15)13-9-19-23(3)10-13/h4-7,9-11H,8H2,1-3H3,(H,20,25). The number of carbonyl (C=O) groups is 2. The van der Waals surface area contributed by atoms with Gasteiger partial charge in [-0.2, -0.15) is 5.10 Å². The molecule has 0 aliphatic heterocycles. The zero-order valence-corrected chi connectivity index (χ0v) is 15.6. The van der Waals surface area contributed by atoms with Gasteiger partial charge in [0.25, 0.3) is 5.91 Å². The third-order valence-electron chi connectivity index (χ3n) is 3.75. The molecule has 0 aliphatic carbocycles. The van der Waals surface area contributed by atoms with Crippen LogP contribution in [0.5, 0.6) is 0 Å². The maximum atomic E-state index is 12.4. The molecule has 0 atom stereocenters. The van der Waals surface area contributed by atoms with Crippen molar-refractivity contribution in [1.29, 1.82) is 0 Å². The SMILES string of the molecule is CN(C)C(=O)Cc1ccc(NC(=O)c2csc(-c3cnn(C)c3)n2)cc1. The molecule has 2 heterocycles. The molecule has 2 amide bonds. The van der Waals surface area contributed by atoms with Gasteiger partial charge in [0.15, 0.2) is 0 Å². The van der Waals surface area contributed by atoms with Crippen molar-refractivity contribution in [2.75, 3.05) is 19.4 Å². The van der Waals surface area contributed by atoms with Gasteiger partial charge in [0, 0.05) is 44.0 Å². The second-order valence-corrected chi connectivity index (χ2v) is 6.91. The van der Waals surface area contributed by atoms with Crippen LogP contribution in [0.3, 0.4) is 0 Å². The number of rotatable bonds is 5. The number of aryl methyl sites for hydroxylation is 1. The van der Waals surface area contributed by atoms with Gasteiger partial charge in [-0.15, -0.1) is 11.3 Å². The number of hydrogen-bond donors (Lipinski definition) is 1. The molecule has 134 valence electrons. The van der Waals surface area contributed by atoms with E-state index in [0.29, 0.717) is 17.8 Å². The molecule has 0 spiro atoms. The van der Waals surface area contributed by atoms with Crippen LogP contribution in [0.1, 0.15) is 16.1 Å². The first-order valence-electron chi connectivity index (χ1n) is 7.97. The van der Waals surface area contributed by atoms with Gasteiger partial charge >= 0.3 is 0 Å². The van der Waals surface area contributed by atoms with E-state index in [-0.39, 0.29) is 11.8 Å². The molecule has 1 N–H and O–H groups in total. The minimum Gasteiger partial charge on any atom is -0.349 e. The first-order valence-corrected chi connectivity index (χ1v) is 8.85. The van der Waals surface area contributed by atoms with E-state index in [1.165, 1.54) is 11.3 Å². The van der Waals surface area contributed by atoms with Crippen LogP contribution in [0, 0.1) is 0 Å². The highest BCUT2D eigenvalue weighted by Gasteiger charge is 2.13. The number of nitrogens with zero attached hydrogens (tertiary/aromatic N) is 4. The average Bonchev–Trinajstić information content (AvgIpc) is 3.25. The minimum atomic E-state index is -0.270. The number of carbonyl (C=O) groups excluding carboxylic acids is 2. The van der Waals surface area contributed by atoms with E-state index >= 15 is 0 Å². The van der Waals surface area contributed by atoms with Gasteiger partial charge < -0.3 is 10.2 Å². The number of hydrogen-bond acceptors (Lipinski definition) is 5. The molecule has 0 bridgehead atoms. The maximum Gasteiger partial charge on any atom is 0.275 e. The number of benzene rings is 1. The summed E-state index contributed by atoms with van der Waals surface area (Å²) < 4.78 is 1.69. The van der Waals surface area contributed by atoms with E-state index in [1.807, 2.05) is 25.4 Å². The first kappa shape index (κ1) is 17.8. The Bertz CT molecular complexity index is 927. The molecule has 7 nitrogen and oxygen atoms in total. The molecular formula is C18H19N5O2S. The van der Waals surface area contributed by atoms with Gasteiger partial charge in [-0.05, 0) is 17.7 Å². The maximum absolute atomic E-state index is 12.4. The van der Waals surface area contributed by atoms with Gasteiger partial charge in [0.05, 0.1) is 12.6 Å². The van der Waals surface area contributed by atoms with Crippen LogP contribution >= 0.6 is 11.3 Å². The molecular weight excluding hydrogens is 350 g/mol. The van der Waals surface area contributed by atoms with Crippen molar-refractivity contribution in [3.63, 3.8) is 0 Å². The largest absolute Gasteiger partial charge is 0.349 e. The summed E-state index contributed by atoms with van der Waals surface area (Å²) in [6.45, 7) is 0. The van der Waals surface area contributed by atoms with Crippen molar-refractivity contribution >= 4 is 28.8 Å². The molecule has 0 unspecified atom stereocenters. The molecule has 8 heteroatoms. The summed E-state index contributed by atoms with van der Waals surface area (Å²) in [7, 11) is 5.29. The number of likely N-dealkylation sites (N-methyl/N-ethyl adjacent to an activating group) is 1. The Morgan fingerprint density at radius 2 is 1.96 bits per heavy atom. The molecule has 0 radical (unpaired) electrons. The summed E-state index contributed by atoms with van der Waals surface area (Å²) in [6.07, 6.45) is 3.91. The second-order valence-electron chi connectivity index (χ2n) is 6.06. The Hall–Kier alpha value is -3.00. The molecule has 2 aromatic heterocycles. The minimum absolute atomic E-state index is 0.0344. The monoisotopic (exact) mass is 369 g/mol. The molecule has 0 saturated heterocycles. The summed E-state index contributed by atoms with van der Waals surface area (Å²) >= 11 is 1.40. The second kappa shape index (κ2) is 7.49. The molecule has 26 heavy (non-hydrogen) atoms. The molecule has 3 rings (SSSR count). The lowest BCUT2D eigenvalue weighted by molar-refractivity contribution is -0.127. The van der Waals surface area contributed by atoms with E-state index in [9.17, 15) is 9.59 Å². The number of aromatic nitrogens is 3. The van der Waals surface area contributed by atoms with Gasteiger partial charge in [-0.25, -0.2) is 4.98 Å².